The molecule has 23 heavy (non-hydrogen) atoms. The second kappa shape index (κ2) is 7.39. The predicted octanol–water partition coefficient (Wildman–Crippen LogP) is 1.99. The lowest BCUT2D eigenvalue weighted by Gasteiger charge is -2.07. The van der Waals surface area contributed by atoms with Gasteiger partial charge in [0.2, 0.25) is 10.0 Å². The zero-order valence-corrected chi connectivity index (χ0v) is 14.8. The van der Waals surface area contributed by atoms with Crippen molar-refractivity contribution in [1.29, 1.82) is 0 Å². The van der Waals surface area contributed by atoms with Crippen LogP contribution in [0.3, 0.4) is 0 Å². The fourth-order valence-electron chi connectivity index (χ4n) is 1.58. The Labute approximate surface area is 144 Å². The molecule has 2 rings (SSSR count). The van der Waals surface area contributed by atoms with Gasteiger partial charge in [-0.15, -0.1) is 11.3 Å². The highest BCUT2D eigenvalue weighted by Crippen LogP contribution is 2.21. The van der Waals surface area contributed by atoms with Crippen LogP contribution in [0.5, 0.6) is 5.75 Å². The van der Waals surface area contributed by atoms with Crippen molar-refractivity contribution in [2.45, 2.75) is 10.8 Å². The predicted molar refractivity (Wildman–Crippen MR) is 87.1 cm³/mol. The van der Waals surface area contributed by atoms with E-state index < -0.39 is 21.7 Å². The Kier molecular flexibility index (Phi) is 5.74. The van der Waals surface area contributed by atoms with Gasteiger partial charge in [-0.25, -0.2) is 17.9 Å². The maximum absolute atomic E-state index is 13.5. The Morgan fingerprint density at radius 2 is 2.09 bits per heavy atom. The minimum absolute atomic E-state index is 0.0231. The Bertz CT molecular complexity index is 823. The zero-order valence-electron chi connectivity index (χ0n) is 11.6. The summed E-state index contributed by atoms with van der Waals surface area (Å²) in [6.07, 6.45) is 0. The van der Waals surface area contributed by atoms with Gasteiger partial charge in [0.15, 0.2) is 18.2 Å². The largest absolute Gasteiger partial charge is 0.481 e. The quantitative estimate of drug-likeness (QED) is 0.743. The lowest BCUT2D eigenvalue weighted by atomic mass is 10.3. The molecule has 0 bridgehead atoms. The minimum atomic E-state index is -3.74. The first-order valence-corrected chi connectivity index (χ1v) is 9.37. The summed E-state index contributed by atoms with van der Waals surface area (Å²) < 4.78 is 41.5. The Balaban J connectivity index is 1.84. The molecule has 1 heterocycles. The van der Waals surface area contributed by atoms with Crippen molar-refractivity contribution in [1.82, 2.24) is 5.32 Å². The Morgan fingerprint density at radius 3 is 2.70 bits per heavy atom. The normalized spacial score (nSPS) is 11.3. The number of benzene rings is 1. The molecule has 0 saturated carbocycles. The summed E-state index contributed by atoms with van der Waals surface area (Å²) in [6.45, 7) is -0.225. The maximum Gasteiger partial charge on any atom is 0.258 e. The van der Waals surface area contributed by atoms with Gasteiger partial charge in [-0.05, 0) is 30.3 Å². The molecule has 3 N–H and O–H groups in total. The van der Waals surface area contributed by atoms with Gasteiger partial charge in [0, 0.05) is 9.35 Å². The van der Waals surface area contributed by atoms with E-state index in [0.29, 0.717) is 9.35 Å². The molecule has 0 radical (unpaired) electrons. The van der Waals surface area contributed by atoms with Crippen LogP contribution < -0.4 is 15.2 Å². The minimum Gasteiger partial charge on any atom is -0.481 e. The summed E-state index contributed by atoms with van der Waals surface area (Å²) in [5, 5.41) is 7.54. The number of amides is 1. The molecule has 0 spiro atoms. The summed E-state index contributed by atoms with van der Waals surface area (Å²) in [5.74, 6) is -1.07. The van der Waals surface area contributed by atoms with Gasteiger partial charge >= 0.3 is 0 Å². The molecule has 0 aliphatic carbocycles. The highest BCUT2D eigenvalue weighted by molar-refractivity contribution is 9.10. The number of nitrogens with two attached hydrogens (primary N) is 1. The Morgan fingerprint density at radius 1 is 1.35 bits per heavy atom. The molecule has 0 fully saturated rings. The fraction of sp³-hybridized carbons (Fsp3) is 0.154. The van der Waals surface area contributed by atoms with Crippen LogP contribution in [-0.4, -0.2) is 20.9 Å². The van der Waals surface area contributed by atoms with E-state index >= 15 is 0 Å². The molecule has 2 aromatic rings. The van der Waals surface area contributed by atoms with Crippen LogP contribution in [0.4, 0.5) is 4.39 Å². The molecule has 1 aromatic carbocycles. The summed E-state index contributed by atoms with van der Waals surface area (Å²) in [6, 6.07) is 7.16. The topological polar surface area (TPSA) is 98.5 Å². The highest BCUT2D eigenvalue weighted by Gasteiger charge is 2.12. The maximum atomic E-state index is 13.5. The summed E-state index contributed by atoms with van der Waals surface area (Å²) in [4.78, 5) is 12.3. The van der Waals surface area contributed by atoms with Gasteiger partial charge in [0.1, 0.15) is 4.21 Å². The number of carbonyl (C=O) groups excluding carboxylic acids is 1. The Hall–Kier alpha value is -1.49. The van der Waals surface area contributed by atoms with E-state index in [9.17, 15) is 17.6 Å². The molecular weight excluding hydrogens is 411 g/mol. The smallest absolute Gasteiger partial charge is 0.258 e. The number of hydrogen-bond acceptors (Lipinski definition) is 5. The molecule has 0 aliphatic rings. The second-order valence-corrected chi connectivity index (χ2v) is 8.28. The molecule has 0 aliphatic heterocycles. The van der Waals surface area contributed by atoms with Crippen molar-refractivity contribution in [2.75, 3.05) is 6.61 Å². The van der Waals surface area contributed by atoms with Crippen LogP contribution >= 0.6 is 27.3 Å². The first-order chi connectivity index (χ1) is 10.8. The van der Waals surface area contributed by atoms with Crippen LogP contribution in [0.2, 0.25) is 0 Å². The van der Waals surface area contributed by atoms with E-state index in [-0.39, 0.29) is 23.1 Å². The SMILES string of the molecule is NS(=O)(=O)c1ccc(CNC(=O)COc2ccc(Br)cc2F)s1. The fourth-order valence-corrected chi connectivity index (χ4v) is 3.63. The third-order valence-corrected chi connectivity index (χ3v) is 5.65. The van der Waals surface area contributed by atoms with Gasteiger partial charge in [-0.1, -0.05) is 15.9 Å². The van der Waals surface area contributed by atoms with Crippen LogP contribution in [-0.2, 0) is 21.4 Å². The second-order valence-electron chi connectivity index (χ2n) is 4.41. The highest BCUT2D eigenvalue weighted by atomic mass is 79.9. The number of nitrogens with one attached hydrogen (secondary N) is 1. The zero-order chi connectivity index (χ0) is 17.0. The average molecular weight is 423 g/mol. The number of sulfonamides is 1. The van der Waals surface area contributed by atoms with Crippen LogP contribution in [0, 0.1) is 5.82 Å². The van der Waals surface area contributed by atoms with Crippen molar-refractivity contribution in [3.63, 3.8) is 0 Å². The van der Waals surface area contributed by atoms with Crippen LogP contribution in [0.15, 0.2) is 39.0 Å². The van der Waals surface area contributed by atoms with Crippen molar-refractivity contribution in [2.24, 2.45) is 5.14 Å². The molecule has 0 atom stereocenters. The number of halogens is 2. The summed E-state index contributed by atoms with van der Waals surface area (Å²) >= 11 is 4.08. The van der Waals surface area contributed by atoms with E-state index in [1.165, 1.54) is 18.2 Å². The molecule has 0 unspecified atom stereocenters. The lowest BCUT2D eigenvalue weighted by molar-refractivity contribution is -0.123. The molecule has 10 heteroatoms. The lowest BCUT2D eigenvalue weighted by Crippen LogP contribution is -2.28. The van der Waals surface area contributed by atoms with Crippen molar-refractivity contribution in [3.05, 3.63) is 45.5 Å². The van der Waals surface area contributed by atoms with E-state index in [2.05, 4.69) is 21.2 Å². The molecule has 1 aromatic heterocycles. The molecule has 0 saturated heterocycles. The van der Waals surface area contributed by atoms with Gasteiger partial charge in [0.05, 0.1) is 6.54 Å². The monoisotopic (exact) mass is 422 g/mol. The number of thiophene rings is 1. The molecular formula is C13H12BrFN2O4S2. The van der Waals surface area contributed by atoms with Crippen molar-refractivity contribution >= 4 is 43.2 Å². The van der Waals surface area contributed by atoms with E-state index in [0.717, 1.165) is 11.3 Å². The standard InChI is InChI=1S/C13H12BrFN2O4S2/c14-8-1-3-11(10(15)5-8)21-7-12(18)17-6-9-2-4-13(22-9)23(16,19)20/h1-5H,6-7H2,(H,17,18)(H2,16,19,20). The number of primary sulfonamides is 1. The number of hydrogen-bond donors (Lipinski definition) is 2. The van der Waals surface area contributed by atoms with Gasteiger partial charge in [-0.2, -0.15) is 0 Å². The van der Waals surface area contributed by atoms with Gasteiger partial charge < -0.3 is 10.1 Å². The molecule has 124 valence electrons. The average Bonchev–Trinajstić information content (AvgIpc) is 2.93. The van der Waals surface area contributed by atoms with E-state index in [1.54, 1.807) is 12.1 Å². The number of carbonyl (C=O) groups is 1. The first kappa shape index (κ1) is 17.9. The van der Waals surface area contributed by atoms with Crippen LogP contribution in [0.25, 0.3) is 0 Å². The first-order valence-electron chi connectivity index (χ1n) is 6.22. The number of rotatable bonds is 6. The summed E-state index contributed by atoms with van der Waals surface area (Å²) in [7, 11) is -3.74. The van der Waals surface area contributed by atoms with Gasteiger partial charge in [-0.3, -0.25) is 4.79 Å². The van der Waals surface area contributed by atoms with Crippen molar-refractivity contribution < 1.29 is 22.3 Å². The third kappa shape index (κ3) is 5.27. The van der Waals surface area contributed by atoms with Gasteiger partial charge in [0.25, 0.3) is 5.91 Å². The molecule has 1 amide bonds. The molecule has 6 nitrogen and oxygen atoms in total. The number of ether oxygens (including phenoxy) is 1. The summed E-state index contributed by atoms with van der Waals surface area (Å²) in [5.41, 5.74) is 0. The third-order valence-electron chi connectivity index (χ3n) is 2.63. The van der Waals surface area contributed by atoms with E-state index in [4.69, 9.17) is 9.88 Å². The van der Waals surface area contributed by atoms with E-state index in [1.807, 2.05) is 0 Å². The van der Waals surface area contributed by atoms with Crippen LogP contribution in [0.1, 0.15) is 4.88 Å². The van der Waals surface area contributed by atoms with Crippen molar-refractivity contribution in [3.8, 4) is 5.75 Å².